The van der Waals surface area contributed by atoms with E-state index in [2.05, 4.69) is 11.9 Å². The molecule has 0 saturated carbocycles. The molecule has 1 saturated heterocycles. The number of hydrogen-bond acceptors (Lipinski definition) is 5. The summed E-state index contributed by atoms with van der Waals surface area (Å²) in [5, 5.41) is 1.84. The smallest absolute Gasteiger partial charge is 0.290 e. The van der Waals surface area contributed by atoms with E-state index >= 15 is 0 Å². The molecule has 1 aromatic carbocycles. The summed E-state index contributed by atoms with van der Waals surface area (Å²) >= 11 is 0.876. The Hall–Kier alpha value is -2.21. The number of benzene rings is 1. The Morgan fingerprint density at radius 1 is 1.35 bits per heavy atom. The van der Waals surface area contributed by atoms with Gasteiger partial charge in [0.1, 0.15) is 6.61 Å². The minimum absolute atomic E-state index is 0.358. The Morgan fingerprint density at radius 2 is 2.15 bits per heavy atom. The van der Waals surface area contributed by atoms with Crippen molar-refractivity contribution in [3.8, 4) is 11.5 Å². The summed E-state index contributed by atoms with van der Waals surface area (Å²) in [5.41, 5.74) is 0.750. The highest BCUT2D eigenvalue weighted by Crippen LogP contribution is 2.31. The average molecular weight is 291 g/mol. The minimum atomic E-state index is -0.383. The van der Waals surface area contributed by atoms with Crippen molar-refractivity contribution in [2.75, 3.05) is 13.7 Å². The average Bonchev–Trinajstić information content (AvgIpc) is 2.75. The van der Waals surface area contributed by atoms with Crippen LogP contribution in [0.5, 0.6) is 11.5 Å². The van der Waals surface area contributed by atoms with Crippen LogP contribution in [-0.4, -0.2) is 24.9 Å². The van der Waals surface area contributed by atoms with Gasteiger partial charge in [-0.1, -0.05) is 18.7 Å². The van der Waals surface area contributed by atoms with Crippen LogP contribution in [0.3, 0.4) is 0 Å². The van der Waals surface area contributed by atoms with E-state index in [0.29, 0.717) is 23.0 Å². The molecule has 0 spiro atoms. The highest BCUT2D eigenvalue weighted by atomic mass is 32.2. The summed E-state index contributed by atoms with van der Waals surface area (Å²) in [6, 6.07) is 5.26. The molecule has 104 valence electrons. The number of amides is 2. The molecule has 1 aliphatic heterocycles. The molecular weight excluding hydrogens is 278 g/mol. The molecule has 0 bridgehead atoms. The fourth-order valence-electron chi connectivity index (χ4n) is 1.61. The van der Waals surface area contributed by atoms with Gasteiger partial charge in [-0.05, 0) is 35.5 Å². The minimum Gasteiger partial charge on any atom is -0.493 e. The zero-order valence-electron chi connectivity index (χ0n) is 10.8. The van der Waals surface area contributed by atoms with Gasteiger partial charge >= 0.3 is 0 Å². The van der Waals surface area contributed by atoms with E-state index in [9.17, 15) is 9.59 Å². The molecule has 2 rings (SSSR count). The predicted octanol–water partition coefficient (Wildman–Crippen LogP) is 2.58. The van der Waals surface area contributed by atoms with Crippen molar-refractivity contribution in [3.05, 3.63) is 41.3 Å². The number of nitrogens with one attached hydrogen (secondary N) is 1. The van der Waals surface area contributed by atoms with E-state index in [1.165, 1.54) is 7.11 Å². The summed E-state index contributed by atoms with van der Waals surface area (Å²) < 4.78 is 10.7. The number of carbonyl (C=O) groups is 2. The molecule has 1 aliphatic rings. The van der Waals surface area contributed by atoms with Crippen molar-refractivity contribution in [1.82, 2.24) is 5.32 Å². The van der Waals surface area contributed by atoms with Crippen LogP contribution in [0, 0.1) is 0 Å². The van der Waals surface area contributed by atoms with E-state index in [0.717, 1.165) is 17.3 Å². The standard InChI is InChI=1S/C14H13NO4S/c1-3-6-19-10-5-4-9(7-11(10)18-2)8-12-13(16)15-14(17)20-12/h3-5,7-8H,1,6H2,2H3,(H,15,16,17)/b12-8+. The van der Waals surface area contributed by atoms with Gasteiger partial charge in [0.05, 0.1) is 12.0 Å². The van der Waals surface area contributed by atoms with Gasteiger partial charge in [0.25, 0.3) is 11.1 Å². The summed E-state index contributed by atoms with van der Waals surface area (Å²) in [5.74, 6) is 0.760. The van der Waals surface area contributed by atoms with Crippen LogP contribution >= 0.6 is 11.8 Å². The second-order valence-electron chi connectivity index (χ2n) is 3.86. The molecule has 0 aliphatic carbocycles. The third-order valence-electron chi connectivity index (χ3n) is 2.48. The molecule has 0 atom stereocenters. The highest BCUT2D eigenvalue weighted by molar-refractivity contribution is 8.18. The first-order valence-electron chi connectivity index (χ1n) is 5.80. The Morgan fingerprint density at radius 3 is 2.75 bits per heavy atom. The van der Waals surface area contributed by atoms with Crippen molar-refractivity contribution < 1.29 is 19.1 Å². The first-order valence-corrected chi connectivity index (χ1v) is 6.62. The summed E-state index contributed by atoms with van der Waals surface area (Å²) in [7, 11) is 1.54. The zero-order valence-corrected chi connectivity index (χ0v) is 11.7. The molecule has 1 N–H and O–H groups in total. The number of imide groups is 1. The molecule has 0 aromatic heterocycles. The third kappa shape index (κ3) is 3.21. The van der Waals surface area contributed by atoms with E-state index in [-0.39, 0.29) is 11.1 Å². The van der Waals surface area contributed by atoms with Gasteiger partial charge in [-0.3, -0.25) is 14.9 Å². The van der Waals surface area contributed by atoms with Gasteiger partial charge in [-0.15, -0.1) is 0 Å². The molecule has 6 heteroatoms. The fraction of sp³-hybridized carbons (Fsp3) is 0.143. The van der Waals surface area contributed by atoms with Gasteiger partial charge in [0.15, 0.2) is 11.5 Å². The highest BCUT2D eigenvalue weighted by Gasteiger charge is 2.25. The molecule has 1 aromatic rings. The second kappa shape index (κ2) is 6.29. The van der Waals surface area contributed by atoms with Crippen LogP contribution < -0.4 is 14.8 Å². The summed E-state index contributed by atoms with van der Waals surface area (Å²) in [6.45, 7) is 3.96. The Balaban J connectivity index is 2.25. The van der Waals surface area contributed by atoms with Crippen LogP contribution in [0.25, 0.3) is 6.08 Å². The molecule has 2 amide bonds. The van der Waals surface area contributed by atoms with Crippen molar-refractivity contribution in [2.24, 2.45) is 0 Å². The van der Waals surface area contributed by atoms with Gasteiger partial charge in [-0.25, -0.2) is 0 Å². The molecule has 5 nitrogen and oxygen atoms in total. The summed E-state index contributed by atoms with van der Waals surface area (Å²) in [6.07, 6.45) is 3.27. The fourth-order valence-corrected chi connectivity index (χ4v) is 2.30. The van der Waals surface area contributed by atoms with Crippen LogP contribution in [0.2, 0.25) is 0 Å². The number of hydrogen-bond donors (Lipinski definition) is 1. The quantitative estimate of drug-likeness (QED) is 0.667. The predicted molar refractivity (Wildman–Crippen MR) is 77.8 cm³/mol. The third-order valence-corrected chi connectivity index (χ3v) is 3.29. The topological polar surface area (TPSA) is 64.6 Å². The van der Waals surface area contributed by atoms with E-state index in [1.54, 1.807) is 30.4 Å². The van der Waals surface area contributed by atoms with Crippen molar-refractivity contribution in [1.29, 1.82) is 0 Å². The number of carbonyl (C=O) groups excluding carboxylic acids is 2. The van der Waals surface area contributed by atoms with E-state index in [1.807, 2.05) is 0 Å². The Bertz CT molecular complexity index is 595. The molecule has 1 fully saturated rings. The van der Waals surface area contributed by atoms with Crippen LogP contribution in [-0.2, 0) is 4.79 Å². The molecule has 20 heavy (non-hydrogen) atoms. The lowest BCUT2D eigenvalue weighted by Crippen LogP contribution is -2.17. The van der Waals surface area contributed by atoms with Crippen molar-refractivity contribution in [2.45, 2.75) is 0 Å². The van der Waals surface area contributed by atoms with Gasteiger partial charge in [0.2, 0.25) is 0 Å². The normalized spacial score (nSPS) is 16.1. The molecular formula is C14H13NO4S. The van der Waals surface area contributed by atoms with Gasteiger partial charge < -0.3 is 9.47 Å². The number of thioether (sulfide) groups is 1. The lowest BCUT2D eigenvalue weighted by Gasteiger charge is -2.09. The zero-order chi connectivity index (χ0) is 14.5. The number of methoxy groups -OCH3 is 1. The Kier molecular flexibility index (Phi) is 4.47. The van der Waals surface area contributed by atoms with Crippen LogP contribution in [0.1, 0.15) is 5.56 Å². The maximum atomic E-state index is 11.5. The maximum Gasteiger partial charge on any atom is 0.290 e. The van der Waals surface area contributed by atoms with Gasteiger partial charge in [-0.2, -0.15) is 0 Å². The Labute approximate surface area is 120 Å². The van der Waals surface area contributed by atoms with Crippen molar-refractivity contribution in [3.63, 3.8) is 0 Å². The second-order valence-corrected chi connectivity index (χ2v) is 4.88. The van der Waals surface area contributed by atoms with E-state index in [4.69, 9.17) is 9.47 Å². The van der Waals surface area contributed by atoms with E-state index < -0.39 is 0 Å². The van der Waals surface area contributed by atoms with Crippen LogP contribution in [0.4, 0.5) is 4.79 Å². The first kappa shape index (κ1) is 14.2. The lowest BCUT2D eigenvalue weighted by molar-refractivity contribution is -0.115. The SMILES string of the molecule is C=CCOc1ccc(/C=C2/SC(=O)NC2=O)cc1OC. The summed E-state index contributed by atoms with van der Waals surface area (Å²) in [4.78, 5) is 22.9. The maximum absolute atomic E-state index is 11.5. The number of ether oxygens (including phenoxy) is 2. The largest absolute Gasteiger partial charge is 0.493 e. The number of rotatable bonds is 5. The van der Waals surface area contributed by atoms with Gasteiger partial charge in [0, 0.05) is 0 Å². The molecule has 1 heterocycles. The van der Waals surface area contributed by atoms with Crippen LogP contribution in [0.15, 0.2) is 35.8 Å². The monoisotopic (exact) mass is 291 g/mol. The molecule has 0 unspecified atom stereocenters. The lowest BCUT2D eigenvalue weighted by atomic mass is 10.2. The molecule has 0 radical (unpaired) electrons. The van der Waals surface area contributed by atoms with Crippen molar-refractivity contribution >= 4 is 29.0 Å². The first-order chi connectivity index (χ1) is 9.63.